The fourth-order valence-electron chi connectivity index (χ4n) is 2.27. The Morgan fingerprint density at radius 2 is 2.00 bits per heavy atom. The second-order valence-electron chi connectivity index (χ2n) is 5.49. The van der Waals surface area contributed by atoms with Gasteiger partial charge in [-0.25, -0.2) is 4.98 Å². The van der Waals surface area contributed by atoms with Gasteiger partial charge in [0.15, 0.2) is 0 Å². The maximum absolute atomic E-state index is 10.7. The maximum atomic E-state index is 10.7. The van der Waals surface area contributed by atoms with Gasteiger partial charge in [-0.05, 0) is 36.8 Å². The Labute approximate surface area is 142 Å². The second kappa shape index (κ2) is 8.72. The molecule has 0 unspecified atom stereocenters. The average Bonchev–Trinajstić information content (AvgIpc) is 2.56. The third-order valence-electron chi connectivity index (χ3n) is 3.41. The first-order valence-electron chi connectivity index (χ1n) is 7.82. The minimum Gasteiger partial charge on any atom is -0.493 e. The summed E-state index contributed by atoms with van der Waals surface area (Å²) in [5.74, 6) is 0.813. The summed E-state index contributed by atoms with van der Waals surface area (Å²) in [6, 6.07) is 13.5. The minimum absolute atomic E-state index is 0.0525. The summed E-state index contributed by atoms with van der Waals surface area (Å²) in [5, 5.41) is 11.8. The van der Waals surface area contributed by atoms with Gasteiger partial charge >= 0.3 is 5.97 Å². The molecule has 5 heteroatoms. The molecule has 0 aliphatic heterocycles. The van der Waals surface area contributed by atoms with E-state index in [-0.39, 0.29) is 6.42 Å². The van der Waals surface area contributed by atoms with Gasteiger partial charge < -0.3 is 15.2 Å². The van der Waals surface area contributed by atoms with Gasteiger partial charge in [-0.1, -0.05) is 29.8 Å². The van der Waals surface area contributed by atoms with Crippen LogP contribution in [0.3, 0.4) is 0 Å². The highest BCUT2D eigenvalue weighted by molar-refractivity contribution is 5.72. The molecule has 0 fully saturated rings. The normalized spacial score (nSPS) is 11.2. The van der Waals surface area contributed by atoms with E-state index < -0.39 is 5.97 Å². The number of hydrogen-bond acceptors (Lipinski definition) is 4. The fourth-order valence-corrected chi connectivity index (χ4v) is 2.27. The quantitative estimate of drug-likeness (QED) is 0.775. The van der Waals surface area contributed by atoms with Crippen molar-refractivity contribution >= 4 is 17.9 Å². The molecule has 5 nitrogen and oxygen atoms in total. The molecule has 1 aromatic carbocycles. The Bertz CT molecular complexity index is 709. The number of anilines is 1. The summed E-state index contributed by atoms with van der Waals surface area (Å²) in [5.41, 5.74) is 2.75. The number of carboxylic acid groups (broad SMARTS) is 1. The lowest BCUT2D eigenvalue weighted by Crippen LogP contribution is -2.04. The van der Waals surface area contributed by atoms with Gasteiger partial charge in [0, 0.05) is 19.2 Å². The number of aromatic nitrogens is 1. The Balaban J connectivity index is 1.86. The molecule has 0 saturated carbocycles. The highest BCUT2D eigenvalue weighted by atomic mass is 16.5. The fraction of sp³-hybridized carbons (Fsp3) is 0.263. The summed E-state index contributed by atoms with van der Waals surface area (Å²) in [7, 11) is 1.84. The van der Waals surface area contributed by atoms with Crippen LogP contribution in [-0.4, -0.2) is 29.7 Å². The second-order valence-corrected chi connectivity index (χ2v) is 5.49. The summed E-state index contributed by atoms with van der Waals surface area (Å²) in [6.07, 6.45) is 2.65. The molecule has 2 N–H and O–H groups in total. The van der Waals surface area contributed by atoms with Gasteiger partial charge in [-0.3, -0.25) is 4.79 Å². The monoisotopic (exact) mass is 326 g/mol. The molecule has 0 spiro atoms. The number of pyridine rings is 1. The number of nitrogens with zero attached hydrogens (tertiary/aromatic N) is 1. The topological polar surface area (TPSA) is 71.5 Å². The first-order chi connectivity index (χ1) is 11.6. The summed E-state index contributed by atoms with van der Waals surface area (Å²) in [4.78, 5) is 15.1. The molecule has 2 rings (SSSR count). The molecule has 1 heterocycles. The molecule has 0 atom stereocenters. The standard InChI is InChI=1S/C19H22N2O3/c1-14(13-19(22)23)12-15-6-8-17(9-7-15)24-11-10-16-4-3-5-18(20-2)21-16/h3-9,12H,10-11,13H2,1-2H3,(H,20,21)(H,22,23). The highest BCUT2D eigenvalue weighted by Crippen LogP contribution is 2.16. The van der Waals surface area contributed by atoms with Crippen LogP contribution < -0.4 is 10.1 Å². The SMILES string of the molecule is CNc1cccc(CCOc2ccc(C=C(C)CC(=O)O)cc2)n1. The van der Waals surface area contributed by atoms with Gasteiger partial charge in [0.25, 0.3) is 0 Å². The van der Waals surface area contributed by atoms with E-state index in [0.29, 0.717) is 6.61 Å². The number of ether oxygens (including phenoxy) is 1. The lowest BCUT2D eigenvalue weighted by molar-refractivity contribution is -0.136. The van der Waals surface area contributed by atoms with Crippen LogP contribution >= 0.6 is 0 Å². The van der Waals surface area contributed by atoms with E-state index >= 15 is 0 Å². The number of aliphatic carboxylic acids is 1. The van der Waals surface area contributed by atoms with E-state index in [2.05, 4.69) is 10.3 Å². The van der Waals surface area contributed by atoms with Crippen molar-refractivity contribution in [3.05, 3.63) is 59.3 Å². The largest absolute Gasteiger partial charge is 0.493 e. The summed E-state index contributed by atoms with van der Waals surface area (Å²) >= 11 is 0. The Hall–Kier alpha value is -2.82. The number of hydrogen-bond donors (Lipinski definition) is 2. The molecule has 0 aliphatic carbocycles. The van der Waals surface area contributed by atoms with Crippen LogP contribution in [0.5, 0.6) is 5.75 Å². The van der Waals surface area contributed by atoms with Crippen molar-refractivity contribution in [1.29, 1.82) is 0 Å². The molecule has 0 radical (unpaired) electrons. The summed E-state index contributed by atoms with van der Waals surface area (Å²) in [6.45, 7) is 2.36. The lowest BCUT2D eigenvalue weighted by atomic mass is 10.1. The van der Waals surface area contributed by atoms with Crippen molar-refractivity contribution < 1.29 is 14.6 Å². The third kappa shape index (κ3) is 5.76. The van der Waals surface area contributed by atoms with Crippen molar-refractivity contribution in [2.45, 2.75) is 19.8 Å². The zero-order chi connectivity index (χ0) is 17.4. The maximum Gasteiger partial charge on any atom is 0.307 e. The van der Waals surface area contributed by atoms with Crippen LogP contribution in [0, 0.1) is 0 Å². The molecule has 0 aliphatic rings. The minimum atomic E-state index is -0.820. The molecule has 24 heavy (non-hydrogen) atoms. The zero-order valence-electron chi connectivity index (χ0n) is 14.0. The van der Waals surface area contributed by atoms with Crippen molar-refractivity contribution in [2.75, 3.05) is 19.0 Å². The number of carboxylic acids is 1. The highest BCUT2D eigenvalue weighted by Gasteiger charge is 2.01. The Kier molecular flexibility index (Phi) is 6.37. The number of benzene rings is 1. The smallest absolute Gasteiger partial charge is 0.307 e. The van der Waals surface area contributed by atoms with Crippen molar-refractivity contribution in [3.63, 3.8) is 0 Å². The van der Waals surface area contributed by atoms with E-state index in [1.807, 2.05) is 62.5 Å². The van der Waals surface area contributed by atoms with E-state index in [1.165, 1.54) is 0 Å². The lowest BCUT2D eigenvalue weighted by Gasteiger charge is -2.07. The first kappa shape index (κ1) is 17.5. The number of carbonyl (C=O) groups is 1. The average molecular weight is 326 g/mol. The molecule has 0 amide bonds. The van der Waals surface area contributed by atoms with Gasteiger partial charge in [0.05, 0.1) is 13.0 Å². The van der Waals surface area contributed by atoms with Gasteiger partial charge in [0.2, 0.25) is 0 Å². The van der Waals surface area contributed by atoms with Crippen LogP contribution in [0.4, 0.5) is 5.82 Å². The van der Waals surface area contributed by atoms with E-state index in [4.69, 9.17) is 9.84 Å². The van der Waals surface area contributed by atoms with Crippen LogP contribution in [0.1, 0.15) is 24.6 Å². The molecular formula is C19H22N2O3. The Morgan fingerprint density at radius 1 is 1.25 bits per heavy atom. The third-order valence-corrected chi connectivity index (χ3v) is 3.41. The molecule has 0 bridgehead atoms. The zero-order valence-corrected chi connectivity index (χ0v) is 14.0. The van der Waals surface area contributed by atoms with Crippen LogP contribution in [0.2, 0.25) is 0 Å². The Morgan fingerprint density at radius 3 is 2.67 bits per heavy atom. The van der Waals surface area contributed by atoms with Crippen LogP contribution in [0.25, 0.3) is 6.08 Å². The predicted octanol–water partition coefficient (Wildman–Crippen LogP) is 3.62. The van der Waals surface area contributed by atoms with Crippen LogP contribution in [-0.2, 0) is 11.2 Å². The molecular weight excluding hydrogens is 304 g/mol. The van der Waals surface area contributed by atoms with E-state index in [0.717, 1.165) is 34.8 Å². The predicted molar refractivity (Wildman–Crippen MR) is 95.3 cm³/mol. The van der Waals surface area contributed by atoms with Crippen molar-refractivity contribution in [2.24, 2.45) is 0 Å². The summed E-state index contributed by atoms with van der Waals surface area (Å²) < 4.78 is 5.73. The van der Waals surface area contributed by atoms with Gasteiger partial charge in [0.1, 0.15) is 11.6 Å². The van der Waals surface area contributed by atoms with Gasteiger partial charge in [-0.2, -0.15) is 0 Å². The van der Waals surface area contributed by atoms with Crippen molar-refractivity contribution in [1.82, 2.24) is 4.98 Å². The molecule has 2 aromatic rings. The number of nitrogens with one attached hydrogen (secondary N) is 1. The van der Waals surface area contributed by atoms with E-state index in [1.54, 1.807) is 0 Å². The number of rotatable bonds is 8. The van der Waals surface area contributed by atoms with E-state index in [9.17, 15) is 4.79 Å². The molecule has 1 aromatic heterocycles. The molecule has 126 valence electrons. The first-order valence-corrected chi connectivity index (χ1v) is 7.82. The molecule has 0 saturated heterocycles. The van der Waals surface area contributed by atoms with Crippen LogP contribution in [0.15, 0.2) is 48.0 Å². The van der Waals surface area contributed by atoms with Crippen molar-refractivity contribution in [3.8, 4) is 5.75 Å². The van der Waals surface area contributed by atoms with Gasteiger partial charge in [-0.15, -0.1) is 0 Å².